The van der Waals surface area contributed by atoms with E-state index in [0.29, 0.717) is 18.9 Å². The van der Waals surface area contributed by atoms with Gasteiger partial charge in [-0.1, -0.05) is 12.1 Å². The summed E-state index contributed by atoms with van der Waals surface area (Å²) in [7, 11) is 0. The molecule has 2 aliphatic rings. The van der Waals surface area contributed by atoms with Crippen LogP contribution in [0.1, 0.15) is 54.9 Å². The van der Waals surface area contributed by atoms with Crippen LogP contribution < -0.4 is 0 Å². The molecule has 29 heavy (non-hydrogen) atoms. The van der Waals surface area contributed by atoms with Gasteiger partial charge in [0, 0.05) is 43.7 Å². The smallest absolute Gasteiger partial charge is 0.376 e. The van der Waals surface area contributed by atoms with Crippen molar-refractivity contribution in [3.63, 3.8) is 0 Å². The van der Waals surface area contributed by atoms with Crippen LogP contribution in [0.15, 0.2) is 24.3 Å². The summed E-state index contributed by atoms with van der Waals surface area (Å²) in [6, 6.07) is 7.54. The van der Waals surface area contributed by atoms with Crippen LogP contribution >= 0.6 is 0 Å². The van der Waals surface area contributed by atoms with Gasteiger partial charge < -0.3 is 14.9 Å². The summed E-state index contributed by atoms with van der Waals surface area (Å²) < 4.78 is 39.1. The predicted molar refractivity (Wildman–Crippen MR) is 101 cm³/mol. The van der Waals surface area contributed by atoms with Crippen molar-refractivity contribution in [1.82, 2.24) is 9.80 Å². The van der Waals surface area contributed by atoms with Crippen LogP contribution in [0.4, 0.5) is 13.2 Å². The van der Waals surface area contributed by atoms with Crippen LogP contribution in [-0.2, 0) is 5.60 Å². The van der Waals surface area contributed by atoms with E-state index in [4.69, 9.17) is 5.26 Å². The maximum Gasteiger partial charge on any atom is 0.421 e. The molecule has 1 amide bonds. The molecule has 1 atom stereocenters. The first-order valence-electron chi connectivity index (χ1n) is 9.96. The molecule has 8 heteroatoms. The predicted octanol–water partition coefficient (Wildman–Crippen LogP) is 3.44. The Balaban J connectivity index is 1.70. The molecule has 0 spiro atoms. The van der Waals surface area contributed by atoms with Gasteiger partial charge in [0.25, 0.3) is 5.91 Å². The van der Waals surface area contributed by atoms with E-state index in [-0.39, 0.29) is 23.6 Å². The number of aliphatic hydroxyl groups is 1. The van der Waals surface area contributed by atoms with Crippen LogP contribution in [0.3, 0.4) is 0 Å². The van der Waals surface area contributed by atoms with Crippen molar-refractivity contribution in [2.45, 2.75) is 62.9 Å². The summed E-state index contributed by atoms with van der Waals surface area (Å²) in [5.74, 6) is -0.166. The van der Waals surface area contributed by atoms with Gasteiger partial charge in [-0.15, -0.1) is 0 Å². The van der Waals surface area contributed by atoms with Gasteiger partial charge >= 0.3 is 6.18 Å². The first-order chi connectivity index (χ1) is 13.6. The molecule has 1 aliphatic heterocycles. The quantitative estimate of drug-likeness (QED) is 0.782. The number of nitriles is 1. The maximum atomic E-state index is 13.1. The monoisotopic (exact) mass is 409 g/mol. The number of piperidine rings is 1. The average Bonchev–Trinajstić information content (AvgIpc) is 3.51. The molecule has 1 saturated heterocycles. The maximum absolute atomic E-state index is 13.1. The molecule has 3 rings (SSSR count). The minimum absolute atomic E-state index is 0.103. The number of carbonyl (C=O) groups excluding carboxylic acids is 1. The van der Waals surface area contributed by atoms with Gasteiger partial charge in [0.1, 0.15) is 0 Å². The molecule has 1 unspecified atom stereocenters. The first-order valence-corrected chi connectivity index (χ1v) is 9.96. The summed E-state index contributed by atoms with van der Waals surface area (Å²) in [4.78, 5) is 17.2. The zero-order chi connectivity index (χ0) is 21.2. The molecule has 2 fully saturated rings. The van der Waals surface area contributed by atoms with Crippen molar-refractivity contribution in [1.29, 1.82) is 5.26 Å². The van der Waals surface area contributed by atoms with Crippen LogP contribution in [0.25, 0.3) is 0 Å². The van der Waals surface area contributed by atoms with Gasteiger partial charge in [0.15, 0.2) is 5.60 Å². The van der Waals surface area contributed by atoms with Gasteiger partial charge in [-0.25, -0.2) is 0 Å². The fourth-order valence-corrected chi connectivity index (χ4v) is 3.86. The minimum Gasteiger partial charge on any atom is -0.376 e. The Morgan fingerprint density at radius 2 is 1.72 bits per heavy atom. The summed E-state index contributed by atoms with van der Waals surface area (Å²) in [5, 5.41) is 18.5. The van der Waals surface area contributed by atoms with Crippen molar-refractivity contribution in [2.24, 2.45) is 0 Å². The Hall–Kier alpha value is -2.11. The van der Waals surface area contributed by atoms with Crippen molar-refractivity contribution in [3.8, 4) is 6.07 Å². The second kappa shape index (κ2) is 8.33. The molecule has 5 nitrogen and oxygen atoms in total. The second-order valence-corrected chi connectivity index (χ2v) is 8.07. The topological polar surface area (TPSA) is 67.6 Å². The standard InChI is InChI=1S/C21H26F3N3O2/c1-20(29,21(22,23)24)16-5-3-15(4-6-16)19(28)27(17-7-8-17)18-9-13-26(14-10-18)12-2-11-25/h3-6,17-18,29H,2,7-10,12-14H2,1H3. The zero-order valence-electron chi connectivity index (χ0n) is 16.5. The number of carbonyl (C=O) groups is 1. The number of amides is 1. The minimum atomic E-state index is -4.79. The highest BCUT2D eigenvalue weighted by Gasteiger charge is 2.51. The van der Waals surface area contributed by atoms with Gasteiger partial charge in [0.2, 0.25) is 0 Å². The van der Waals surface area contributed by atoms with E-state index in [1.54, 1.807) is 0 Å². The lowest BCUT2D eigenvalue weighted by atomic mass is 9.94. The number of benzene rings is 1. The SMILES string of the molecule is CC(O)(c1ccc(C(=O)N(C2CC2)C2CCN(CCC#N)CC2)cc1)C(F)(F)F. The number of halogens is 3. The molecule has 1 heterocycles. The third kappa shape index (κ3) is 4.73. The molecular formula is C21H26F3N3O2. The number of nitrogens with zero attached hydrogens (tertiary/aromatic N) is 3. The summed E-state index contributed by atoms with van der Waals surface area (Å²) >= 11 is 0. The van der Waals surface area contributed by atoms with E-state index >= 15 is 0 Å². The first kappa shape index (κ1) is 21.6. The van der Waals surface area contributed by atoms with Crippen LogP contribution in [0.5, 0.6) is 0 Å². The number of hydrogen-bond acceptors (Lipinski definition) is 4. The van der Waals surface area contributed by atoms with E-state index in [1.165, 1.54) is 24.3 Å². The van der Waals surface area contributed by atoms with Crippen molar-refractivity contribution in [3.05, 3.63) is 35.4 Å². The number of hydrogen-bond donors (Lipinski definition) is 1. The molecule has 1 saturated carbocycles. The van der Waals surface area contributed by atoms with Gasteiger partial charge in [-0.3, -0.25) is 4.79 Å². The molecule has 0 radical (unpaired) electrons. The Morgan fingerprint density at radius 1 is 1.17 bits per heavy atom. The summed E-state index contributed by atoms with van der Waals surface area (Å²) in [6.45, 7) is 3.11. The lowest BCUT2D eigenvalue weighted by Crippen LogP contribution is -2.48. The normalized spacial score (nSPS) is 20.7. The zero-order valence-corrected chi connectivity index (χ0v) is 16.5. The average molecular weight is 409 g/mol. The van der Waals surface area contributed by atoms with Crippen LogP contribution in [0.2, 0.25) is 0 Å². The number of rotatable bonds is 6. The Morgan fingerprint density at radius 3 is 2.21 bits per heavy atom. The fourth-order valence-electron chi connectivity index (χ4n) is 3.86. The molecule has 0 bridgehead atoms. The molecular weight excluding hydrogens is 383 g/mol. The number of alkyl halides is 3. The second-order valence-electron chi connectivity index (χ2n) is 8.07. The van der Waals surface area contributed by atoms with E-state index in [9.17, 15) is 23.1 Å². The highest BCUT2D eigenvalue weighted by molar-refractivity contribution is 5.95. The molecule has 1 N–H and O–H groups in total. The fraction of sp³-hybridized carbons (Fsp3) is 0.619. The van der Waals surface area contributed by atoms with E-state index in [2.05, 4.69) is 11.0 Å². The van der Waals surface area contributed by atoms with E-state index < -0.39 is 11.8 Å². The lowest BCUT2D eigenvalue weighted by Gasteiger charge is -2.38. The van der Waals surface area contributed by atoms with Gasteiger partial charge in [-0.05, 0) is 50.3 Å². The summed E-state index contributed by atoms with van der Waals surface area (Å²) in [5.41, 5.74) is -2.91. The van der Waals surface area contributed by atoms with Crippen molar-refractivity contribution in [2.75, 3.05) is 19.6 Å². The van der Waals surface area contributed by atoms with E-state index in [1.807, 2.05) is 4.90 Å². The van der Waals surface area contributed by atoms with E-state index in [0.717, 1.165) is 45.3 Å². The van der Waals surface area contributed by atoms with Crippen LogP contribution in [-0.4, -0.2) is 58.7 Å². The molecule has 1 aromatic rings. The van der Waals surface area contributed by atoms with Gasteiger partial charge in [-0.2, -0.15) is 18.4 Å². The lowest BCUT2D eigenvalue weighted by molar-refractivity contribution is -0.258. The third-order valence-corrected chi connectivity index (χ3v) is 5.91. The third-order valence-electron chi connectivity index (χ3n) is 5.91. The van der Waals surface area contributed by atoms with Crippen molar-refractivity contribution < 1.29 is 23.1 Å². The van der Waals surface area contributed by atoms with Crippen LogP contribution in [0, 0.1) is 11.3 Å². The Bertz CT molecular complexity index is 759. The Labute approximate surface area is 168 Å². The molecule has 0 aromatic heterocycles. The van der Waals surface area contributed by atoms with Crippen molar-refractivity contribution >= 4 is 5.91 Å². The largest absolute Gasteiger partial charge is 0.421 e. The highest BCUT2D eigenvalue weighted by atomic mass is 19.4. The molecule has 1 aliphatic carbocycles. The van der Waals surface area contributed by atoms with Gasteiger partial charge in [0.05, 0.1) is 6.07 Å². The molecule has 1 aromatic carbocycles. The number of likely N-dealkylation sites (tertiary alicyclic amines) is 1. The highest BCUT2D eigenvalue weighted by Crippen LogP contribution is 2.39. The summed E-state index contributed by atoms with van der Waals surface area (Å²) in [6.07, 6.45) is -0.756. The molecule has 158 valence electrons. The Kier molecular flexibility index (Phi) is 6.20.